The number of ether oxygens (including phenoxy) is 2. The summed E-state index contributed by atoms with van der Waals surface area (Å²) in [7, 11) is 0. The van der Waals surface area contributed by atoms with Crippen molar-refractivity contribution in [3.8, 4) is 0 Å². The van der Waals surface area contributed by atoms with Crippen molar-refractivity contribution in [2.45, 2.75) is 32.9 Å². The van der Waals surface area contributed by atoms with Gasteiger partial charge in [0.15, 0.2) is 0 Å². The molecule has 0 aromatic heterocycles. The van der Waals surface area contributed by atoms with Gasteiger partial charge in [0.05, 0.1) is 19.8 Å². The molecule has 0 spiro atoms. The Bertz CT molecular complexity index is 345. The minimum atomic E-state index is -0.262. The molecule has 0 aliphatic heterocycles. The molecule has 1 aromatic carbocycles. The first-order valence-electron chi connectivity index (χ1n) is 6.40. The molecule has 0 bridgehead atoms. The molecule has 0 saturated carbocycles. The molecule has 102 valence electrons. The van der Waals surface area contributed by atoms with Gasteiger partial charge in [-0.1, -0.05) is 19.4 Å². The summed E-state index contributed by atoms with van der Waals surface area (Å²) >= 11 is 0. The summed E-state index contributed by atoms with van der Waals surface area (Å²) < 4.78 is 23.8. The van der Waals surface area contributed by atoms with Gasteiger partial charge in [0.2, 0.25) is 0 Å². The van der Waals surface area contributed by atoms with Gasteiger partial charge in [-0.15, -0.1) is 0 Å². The molecule has 4 heteroatoms. The summed E-state index contributed by atoms with van der Waals surface area (Å²) in [5, 5.41) is 0. The van der Waals surface area contributed by atoms with Crippen LogP contribution in [0, 0.1) is 5.82 Å². The highest BCUT2D eigenvalue weighted by Gasteiger charge is 2.02. The highest BCUT2D eigenvalue weighted by atomic mass is 19.1. The van der Waals surface area contributed by atoms with Crippen molar-refractivity contribution < 1.29 is 13.9 Å². The van der Waals surface area contributed by atoms with Crippen LogP contribution in [0.3, 0.4) is 0 Å². The van der Waals surface area contributed by atoms with Gasteiger partial charge in [0.25, 0.3) is 0 Å². The smallest absolute Gasteiger partial charge is 0.123 e. The molecular weight excluding hydrogens is 233 g/mol. The van der Waals surface area contributed by atoms with Crippen LogP contribution in [0.15, 0.2) is 18.2 Å². The highest BCUT2D eigenvalue weighted by Crippen LogP contribution is 2.11. The van der Waals surface area contributed by atoms with Crippen molar-refractivity contribution >= 4 is 0 Å². The Kier molecular flexibility index (Phi) is 7.57. The van der Waals surface area contributed by atoms with Gasteiger partial charge in [0.1, 0.15) is 5.82 Å². The predicted molar refractivity (Wildman–Crippen MR) is 69.7 cm³/mol. The van der Waals surface area contributed by atoms with Crippen LogP contribution in [0.1, 0.15) is 30.9 Å². The fourth-order valence-electron chi connectivity index (χ4n) is 1.57. The summed E-state index contributed by atoms with van der Waals surface area (Å²) in [6.45, 7) is 4.82. The van der Waals surface area contributed by atoms with Crippen molar-refractivity contribution in [3.05, 3.63) is 35.1 Å². The molecule has 0 saturated heterocycles. The average Bonchev–Trinajstić information content (AvgIpc) is 2.39. The van der Waals surface area contributed by atoms with E-state index in [0.717, 1.165) is 30.6 Å². The van der Waals surface area contributed by atoms with Crippen molar-refractivity contribution in [1.29, 1.82) is 0 Å². The highest BCUT2D eigenvalue weighted by molar-refractivity contribution is 5.27. The SMILES string of the molecule is CCCCOCCOCc1ccc(F)cc1CN. The van der Waals surface area contributed by atoms with E-state index in [9.17, 15) is 4.39 Å². The van der Waals surface area contributed by atoms with E-state index in [1.807, 2.05) is 0 Å². The third-order valence-corrected chi connectivity index (χ3v) is 2.66. The van der Waals surface area contributed by atoms with Crippen LogP contribution < -0.4 is 5.73 Å². The number of benzene rings is 1. The third-order valence-electron chi connectivity index (χ3n) is 2.66. The molecule has 0 amide bonds. The molecule has 1 aromatic rings. The molecule has 0 aliphatic carbocycles. The lowest BCUT2D eigenvalue weighted by Gasteiger charge is -2.09. The van der Waals surface area contributed by atoms with Gasteiger partial charge >= 0.3 is 0 Å². The van der Waals surface area contributed by atoms with Gasteiger partial charge in [-0.25, -0.2) is 4.39 Å². The average molecular weight is 255 g/mol. The van der Waals surface area contributed by atoms with Crippen LogP contribution in [0.4, 0.5) is 4.39 Å². The Balaban J connectivity index is 2.22. The third kappa shape index (κ3) is 5.58. The predicted octanol–water partition coefficient (Wildman–Crippen LogP) is 2.62. The lowest BCUT2D eigenvalue weighted by molar-refractivity contribution is 0.0394. The number of unbranched alkanes of at least 4 members (excludes halogenated alkanes) is 1. The molecule has 18 heavy (non-hydrogen) atoms. The fraction of sp³-hybridized carbons (Fsp3) is 0.571. The van der Waals surface area contributed by atoms with Crippen molar-refractivity contribution in [2.75, 3.05) is 19.8 Å². The van der Waals surface area contributed by atoms with E-state index >= 15 is 0 Å². The maximum atomic E-state index is 13.0. The summed E-state index contributed by atoms with van der Waals surface area (Å²) in [5.74, 6) is -0.262. The van der Waals surface area contributed by atoms with E-state index in [-0.39, 0.29) is 5.82 Å². The van der Waals surface area contributed by atoms with Gasteiger partial charge in [0, 0.05) is 13.2 Å². The molecule has 0 atom stereocenters. The quantitative estimate of drug-likeness (QED) is 0.690. The van der Waals surface area contributed by atoms with E-state index in [1.165, 1.54) is 12.1 Å². The maximum absolute atomic E-state index is 13.0. The Morgan fingerprint density at radius 3 is 2.61 bits per heavy atom. The molecule has 0 unspecified atom stereocenters. The summed E-state index contributed by atoms with van der Waals surface area (Å²) in [6, 6.07) is 4.60. The van der Waals surface area contributed by atoms with Gasteiger partial charge in [-0.2, -0.15) is 0 Å². The second-order valence-electron chi connectivity index (χ2n) is 4.14. The first-order chi connectivity index (χ1) is 8.77. The first kappa shape index (κ1) is 15.1. The second kappa shape index (κ2) is 9.03. The summed E-state index contributed by atoms with van der Waals surface area (Å²) in [4.78, 5) is 0. The topological polar surface area (TPSA) is 44.5 Å². The Hall–Kier alpha value is -0.970. The fourth-order valence-corrected chi connectivity index (χ4v) is 1.57. The zero-order valence-electron chi connectivity index (χ0n) is 11.0. The Labute approximate surface area is 108 Å². The number of halogens is 1. The van der Waals surface area contributed by atoms with E-state index in [4.69, 9.17) is 15.2 Å². The van der Waals surface area contributed by atoms with Gasteiger partial charge in [-0.05, 0) is 29.7 Å². The molecule has 0 radical (unpaired) electrons. The molecule has 0 aliphatic rings. The van der Waals surface area contributed by atoms with Crippen molar-refractivity contribution in [1.82, 2.24) is 0 Å². The molecular formula is C14H22FNO2. The van der Waals surface area contributed by atoms with E-state index in [2.05, 4.69) is 6.92 Å². The number of nitrogens with two attached hydrogens (primary N) is 1. The van der Waals surface area contributed by atoms with Crippen molar-refractivity contribution in [3.63, 3.8) is 0 Å². The van der Waals surface area contributed by atoms with E-state index in [1.54, 1.807) is 6.07 Å². The Morgan fingerprint density at radius 2 is 1.89 bits per heavy atom. The monoisotopic (exact) mass is 255 g/mol. The molecule has 0 fully saturated rings. The van der Waals surface area contributed by atoms with Crippen LogP contribution in [0.25, 0.3) is 0 Å². The zero-order valence-corrected chi connectivity index (χ0v) is 11.0. The number of hydrogen-bond acceptors (Lipinski definition) is 3. The van der Waals surface area contributed by atoms with Crippen LogP contribution in [-0.4, -0.2) is 19.8 Å². The van der Waals surface area contributed by atoms with Gasteiger partial charge < -0.3 is 15.2 Å². The number of rotatable bonds is 9. The Morgan fingerprint density at radius 1 is 1.11 bits per heavy atom. The minimum Gasteiger partial charge on any atom is -0.379 e. The lowest BCUT2D eigenvalue weighted by atomic mass is 10.1. The normalized spacial score (nSPS) is 10.8. The zero-order chi connectivity index (χ0) is 13.2. The second-order valence-corrected chi connectivity index (χ2v) is 4.14. The van der Waals surface area contributed by atoms with E-state index < -0.39 is 0 Å². The molecule has 3 nitrogen and oxygen atoms in total. The van der Waals surface area contributed by atoms with Crippen LogP contribution in [0.2, 0.25) is 0 Å². The minimum absolute atomic E-state index is 0.262. The summed E-state index contributed by atoms with van der Waals surface area (Å²) in [6.07, 6.45) is 2.21. The van der Waals surface area contributed by atoms with Crippen molar-refractivity contribution in [2.24, 2.45) is 5.73 Å². The molecule has 2 N–H and O–H groups in total. The van der Waals surface area contributed by atoms with Gasteiger partial charge in [-0.3, -0.25) is 0 Å². The van der Waals surface area contributed by atoms with Crippen LogP contribution in [-0.2, 0) is 22.6 Å². The summed E-state index contributed by atoms with van der Waals surface area (Å²) in [5.41, 5.74) is 7.29. The first-order valence-corrected chi connectivity index (χ1v) is 6.40. The standard InChI is InChI=1S/C14H22FNO2/c1-2-3-6-17-7-8-18-11-12-4-5-14(15)9-13(12)10-16/h4-5,9H,2-3,6-8,10-11,16H2,1H3. The van der Waals surface area contributed by atoms with Crippen LogP contribution >= 0.6 is 0 Å². The maximum Gasteiger partial charge on any atom is 0.123 e. The molecule has 1 rings (SSSR count). The molecule has 0 heterocycles. The largest absolute Gasteiger partial charge is 0.379 e. The van der Waals surface area contributed by atoms with Crippen LogP contribution in [0.5, 0.6) is 0 Å². The van der Waals surface area contributed by atoms with E-state index in [0.29, 0.717) is 26.4 Å². The number of hydrogen-bond donors (Lipinski definition) is 1. The lowest BCUT2D eigenvalue weighted by Crippen LogP contribution is -2.08.